The van der Waals surface area contributed by atoms with Crippen molar-refractivity contribution in [2.24, 2.45) is 0 Å². The second-order valence-electron chi connectivity index (χ2n) is 2.42. The molecule has 0 fully saturated rings. The van der Waals surface area contributed by atoms with Crippen LogP contribution in [0.1, 0.15) is 11.1 Å². The number of benzene rings is 1. The Bertz CT molecular complexity index is 165. The molecule has 0 aromatic heterocycles. The van der Waals surface area contributed by atoms with Gasteiger partial charge in [0.15, 0.2) is 0 Å². The van der Waals surface area contributed by atoms with Crippen molar-refractivity contribution >= 4 is 20.7 Å². The Balaban J connectivity index is 3.17. The maximum absolute atomic E-state index is 2.70. The molecule has 0 aliphatic heterocycles. The van der Waals surface area contributed by atoms with E-state index in [1.165, 1.54) is 15.6 Å². The maximum atomic E-state index is 2.70. The summed E-state index contributed by atoms with van der Waals surface area (Å²) in [6.45, 7) is 4.22. The van der Waals surface area contributed by atoms with E-state index in [4.69, 9.17) is 0 Å². The van der Waals surface area contributed by atoms with Crippen molar-refractivity contribution < 1.29 is 0 Å². The molecule has 0 atom stereocenters. The van der Waals surface area contributed by atoms with Crippen LogP contribution in [0, 0.1) is 13.8 Å². The van der Waals surface area contributed by atoms with Crippen LogP contribution in [0.2, 0.25) is 0 Å². The predicted molar refractivity (Wildman–Crippen MR) is 41.3 cm³/mol. The summed E-state index contributed by atoms with van der Waals surface area (Å²) < 4.78 is 1.27. The van der Waals surface area contributed by atoms with Gasteiger partial charge in [-0.25, -0.2) is 0 Å². The third-order valence-electron chi connectivity index (χ3n) is 1.24. The van der Waals surface area contributed by atoms with Crippen molar-refractivity contribution in [3.05, 3.63) is 29.3 Å². The Labute approximate surface area is 64.3 Å². The van der Waals surface area contributed by atoms with Gasteiger partial charge in [0.2, 0.25) is 0 Å². The molecule has 0 radical (unpaired) electrons. The fourth-order valence-electron chi connectivity index (χ4n) is 1.01. The molecule has 1 aromatic rings. The summed E-state index contributed by atoms with van der Waals surface area (Å²) in [5.74, 6) is 0. The SMILES string of the molecule is Cc1cc(C)c[c]([Al+2])c1. The molecule has 0 spiro atoms. The van der Waals surface area contributed by atoms with Gasteiger partial charge in [-0.3, -0.25) is 0 Å². The first kappa shape index (κ1) is 6.87. The van der Waals surface area contributed by atoms with E-state index in [0.29, 0.717) is 0 Å². The van der Waals surface area contributed by atoms with Crippen molar-refractivity contribution in [1.82, 2.24) is 0 Å². The molecule has 1 rings (SSSR count). The number of aryl methyl sites for hydroxylation is 2. The molecule has 0 N–H and O–H groups in total. The standard InChI is InChI=1S/C8H9.Al/c1-7-4-3-5-8(2)6-7;/h4-6H,1-2H3;/q;+2. The Morgan fingerprint density at radius 2 is 1.44 bits per heavy atom. The summed E-state index contributed by atoms with van der Waals surface area (Å²) in [4.78, 5) is 0. The van der Waals surface area contributed by atoms with E-state index in [-0.39, 0.29) is 0 Å². The molecule has 1 aromatic carbocycles. The second kappa shape index (κ2) is 2.56. The third kappa shape index (κ3) is 1.86. The average Bonchev–Trinajstić information content (AvgIpc) is 1.59. The first-order valence-electron chi connectivity index (χ1n) is 3.02. The fraction of sp³-hybridized carbons (Fsp3) is 0.250. The topological polar surface area (TPSA) is 0 Å². The van der Waals surface area contributed by atoms with Crippen LogP contribution in [0.15, 0.2) is 18.2 Å². The number of hydrogen-bond donors (Lipinski definition) is 0. The zero-order valence-corrected chi connectivity index (χ0v) is 6.96. The van der Waals surface area contributed by atoms with E-state index >= 15 is 0 Å². The van der Waals surface area contributed by atoms with Crippen LogP contribution in [-0.4, -0.2) is 16.3 Å². The van der Waals surface area contributed by atoms with Crippen LogP contribution in [0.4, 0.5) is 0 Å². The van der Waals surface area contributed by atoms with Gasteiger partial charge in [-0.05, 0) is 0 Å². The van der Waals surface area contributed by atoms with Gasteiger partial charge in [0.1, 0.15) is 0 Å². The van der Waals surface area contributed by atoms with Gasteiger partial charge in [0.25, 0.3) is 0 Å². The molecule has 0 amide bonds. The van der Waals surface area contributed by atoms with Crippen LogP contribution >= 0.6 is 0 Å². The van der Waals surface area contributed by atoms with Crippen molar-refractivity contribution in [1.29, 1.82) is 0 Å². The fourth-order valence-corrected chi connectivity index (χ4v) is 1.54. The minimum absolute atomic E-state index is 1.27. The van der Waals surface area contributed by atoms with Crippen molar-refractivity contribution in [3.8, 4) is 0 Å². The van der Waals surface area contributed by atoms with Crippen LogP contribution in [0.3, 0.4) is 0 Å². The third-order valence-corrected chi connectivity index (χ3v) is 1.58. The zero-order chi connectivity index (χ0) is 6.85. The normalized spacial score (nSPS) is 9.78. The molecule has 9 heavy (non-hydrogen) atoms. The zero-order valence-electron chi connectivity index (χ0n) is 5.81. The summed E-state index contributed by atoms with van der Waals surface area (Å²) in [6, 6.07) is 6.48. The summed E-state index contributed by atoms with van der Waals surface area (Å²) in [5, 5.41) is 0. The molecule has 1 heteroatoms. The molecule has 42 valence electrons. The average molecular weight is 132 g/mol. The Morgan fingerprint density at radius 1 is 1.00 bits per heavy atom. The second-order valence-corrected chi connectivity index (χ2v) is 3.09. The summed E-state index contributed by atoms with van der Waals surface area (Å²) in [7, 11) is 0. The molecule has 0 heterocycles. The van der Waals surface area contributed by atoms with Crippen molar-refractivity contribution in [2.45, 2.75) is 13.8 Å². The van der Waals surface area contributed by atoms with Crippen molar-refractivity contribution in [2.75, 3.05) is 0 Å². The summed E-state index contributed by atoms with van der Waals surface area (Å²) in [5.41, 5.74) is 2.67. The van der Waals surface area contributed by atoms with Gasteiger partial charge in [0, 0.05) is 0 Å². The molecule has 0 aliphatic carbocycles. The minimum atomic E-state index is 1.27. The van der Waals surface area contributed by atoms with Gasteiger partial charge in [0.05, 0.1) is 0 Å². The molecule has 0 saturated carbocycles. The van der Waals surface area contributed by atoms with Gasteiger partial charge in [-0.1, -0.05) is 0 Å². The monoisotopic (exact) mass is 132 g/mol. The van der Waals surface area contributed by atoms with Gasteiger partial charge >= 0.3 is 63.9 Å². The molecular formula is C8H9Al+2. The van der Waals surface area contributed by atoms with Crippen LogP contribution < -0.4 is 4.43 Å². The Morgan fingerprint density at radius 3 is 1.78 bits per heavy atom. The Hall–Kier alpha value is -0.248. The molecular weight excluding hydrogens is 123 g/mol. The van der Waals surface area contributed by atoms with E-state index < -0.39 is 0 Å². The quantitative estimate of drug-likeness (QED) is 0.464. The van der Waals surface area contributed by atoms with Crippen LogP contribution in [0.25, 0.3) is 0 Å². The summed E-state index contributed by atoms with van der Waals surface area (Å²) >= 11 is 2.70. The number of hydrogen-bond acceptors (Lipinski definition) is 0. The van der Waals surface area contributed by atoms with Crippen LogP contribution in [-0.2, 0) is 0 Å². The molecule has 0 nitrogen and oxygen atoms in total. The van der Waals surface area contributed by atoms with Gasteiger partial charge in [-0.2, -0.15) is 0 Å². The molecule has 0 bridgehead atoms. The van der Waals surface area contributed by atoms with Crippen molar-refractivity contribution in [3.63, 3.8) is 0 Å². The molecule has 0 unspecified atom stereocenters. The van der Waals surface area contributed by atoms with Crippen LogP contribution in [0.5, 0.6) is 0 Å². The van der Waals surface area contributed by atoms with E-state index in [9.17, 15) is 0 Å². The number of rotatable bonds is 0. The van der Waals surface area contributed by atoms with Gasteiger partial charge in [-0.15, -0.1) is 0 Å². The van der Waals surface area contributed by atoms with E-state index in [2.05, 4.69) is 48.3 Å². The molecule has 0 aliphatic rings. The van der Waals surface area contributed by atoms with E-state index in [0.717, 1.165) is 0 Å². The first-order chi connectivity index (χ1) is 4.18. The first-order valence-corrected chi connectivity index (χ1v) is 3.60. The van der Waals surface area contributed by atoms with E-state index in [1.54, 1.807) is 0 Å². The van der Waals surface area contributed by atoms with E-state index in [1.807, 2.05) is 0 Å². The predicted octanol–water partition coefficient (Wildman–Crippen LogP) is 1.10. The Kier molecular flexibility index (Phi) is 1.95. The van der Waals surface area contributed by atoms with Gasteiger partial charge < -0.3 is 0 Å². The summed E-state index contributed by atoms with van der Waals surface area (Å²) in [6.07, 6.45) is 0. The molecule has 0 saturated heterocycles.